The minimum absolute atomic E-state index is 0.00463. The van der Waals surface area contributed by atoms with Crippen LogP contribution in [0.4, 0.5) is 13.2 Å². The largest absolute Gasteiger partial charge is 0.353 e. The molecule has 1 fully saturated rings. The highest BCUT2D eigenvalue weighted by Crippen LogP contribution is 2.31. The smallest absolute Gasteiger partial charge is 0.220 e. The third-order valence-corrected chi connectivity index (χ3v) is 3.10. The highest BCUT2D eigenvalue weighted by atomic mass is 19.2. The van der Waals surface area contributed by atoms with Crippen LogP contribution in [-0.4, -0.2) is 11.9 Å². The van der Waals surface area contributed by atoms with Crippen molar-refractivity contribution in [3.63, 3.8) is 0 Å². The normalized spacial score (nSPS) is 24.6. The van der Waals surface area contributed by atoms with Gasteiger partial charge in [0.25, 0.3) is 0 Å². The van der Waals surface area contributed by atoms with E-state index in [2.05, 4.69) is 5.32 Å². The molecule has 1 aliphatic heterocycles. The summed E-state index contributed by atoms with van der Waals surface area (Å²) in [5, 5.41) is 2.64. The van der Waals surface area contributed by atoms with Crippen LogP contribution < -0.4 is 5.32 Å². The minimum Gasteiger partial charge on any atom is -0.353 e. The zero-order chi connectivity index (χ0) is 12.6. The number of piperidine rings is 1. The minimum atomic E-state index is -1.19. The Morgan fingerprint density at radius 1 is 1.29 bits per heavy atom. The molecule has 2 atom stereocenters. The number of hydrogen-bond donors (Lipinski definition) is 1. The van der Waals surface area contributed by atoms with Gasteiger partial charge in [-0.05, 0) is 25.0 Å². The zero-order valence-electron chi connectivity index (χ0n) is 9.27. The molecule has 1 aromatic rings. The van der Waals surface area contributed by atoms with Gasteiger partial charge in [0.15, 0.2) is 11.6 Å². The van der Waals surface area contributed by atoms with Crippen LogP contribution in [-0.2, 0) is 4.79 Å². The standard InChI is InChI=1S/C12H12F3NO/c1-6-8(2-3-11(17)16-6)9-4-7(13)5-10(14)12(9)15/h4-6,8H,2-3H2,1H3,(H,16,17). The number of carbonyl (C=O) groups excluding carboxylic acids is 1. The Labute approximate surface area is 96.8 Å². The number of nitrogens with one attached hydrogen (secondary N) is 1. The van der Waals surface area contributed by atoms with Gasteiger partial charge in [-0.2, -0.15) is 0 Å². The van der Waals surface area contributed by atoms with Gasteiger partial charge in [0.2, 0.25) is 5.91 Å². The molecule has 1 aromatic carbocycles. The predicted octanol–water partition coefficient (Wildman–Crippen LogP) is 2.49. The van der Waals surface area contributed by atoms with E-state index in [1.54, 1.807) is 6.92 Å². The van der Waals surface area contributed by atoms with Crippen molar-refractivity contribution >= 4 is 5.91 Å². The van der Waals surface area contributed by atoms with Crippen LogP contribution in [0.3, 0.4) is 0 Å². The molecule has 5 heteroatoms. The summed E-state index contributed by atoms with van der Waals surface area (Å²) < 4.78 is 39.8. The monoisotopic (exact) mass is 243 g/mol. The first-order valence-electron chi connectivity index (χ1n) is 5.43. The average molecular weight is 243 g/mol. The molecule has 1 saturated heterocycles. The van der Waals surface area contributed by atoms with Crippen molar-refractivity contribution in [3.05, 3.63) is 35.1 Å². The highest BCUT2D eigenvalue weighted by molar-refractivity contribution is 5.77. The van der Waals surface area contributed by atoms with Gasteiger partial charge in [0.1, 0.15) is 5.82 Å². The van der Waals surface area contributed by atoms with Gasteiger partial charge < -0.3 is 5.32 Å². The molecule has 17 heavy (non-hydrogen) atoms. The lowest BCUT2D eigenvalue weighted by Gasteiger charge is -2.30. The maximum absolute atomic E-state index is 13.6. The lowest BCUT2D eigenvalue weighted by Crippen LogP contribution is -2.42. The first-order valence-corrected chi connectivity index (χ1v) is 5.43. The third-order valence-electron chi connectivity index (χ3n) is 3.10. The summed E-state index contributed by atoms with van der Waals surface area (Å²) in [6.45, 7) is 1.70. The molecule has 1 N–H and O–H groups in total. The Morgan fingerprint density at radius 3 is 2.65 bits per heavy atom. The average Bonchev–Trinajstić information content (AvgIpc) is 2.24. The van der Waals surface area contributed by atoms with E-state index in [4.69, 9.17) is 0 Å². The zero-order valence-corrected chi connectivity index (χ0v) is 9.27. The second kappa shape index (κ2) is 4.39. The van der Waals surface area contributed by atoms with Crippen LogP contribution >= 0.6 is 0 Å². The maximum Gasteiger partial charge on any atom is 0.220 e. The van der Waals surface area contributed by atoms with E-state index < -0.39 is 23.4 Å². The Kier molecular flexibility index (Phi) is 3.09. The molecular weight excluding hydrogens is 231 g/mol. The van der Waals surface area contributed by atoms with Gasteiger partial charge in [0, 0.05) is 24.4 Å². The third kappa shape index (κ3) is 2.28. The van der Waals surface area contributed by atoms with Crippen LogP contribution in [0.5, 0.6) is 0 Å². The van der Waals surface area contributed by atoms with Crippen LogP contribution in [0.15, 0.2) is 12.1 Å². The van der Waals surface area contributed by atoms with Crippen molar-refractivity contribution in [2.45, 2.75) is 31.7 Å². The summed E-state index contributed by atoms with van der Waals surface area (Å²) in [6, 6.07) is 1.19. The summed E-state index contributed by atoms with van der Waals surface area (Å²) in [7, 11) is 0. The molecule has 1 amide bonds. The topological polar surface area (TPSA) is 29.1 Å². The molecular formula is C12H12F3NO. The predicted molar refractivity (Wildman–Crippen MR) is 55.9 cm³/mol. The van der Waals surface area contributed by atoms with Crippen LogP contribution in [0.1, 0.15) is 31.2 Å². The highest BCUT2D eigenvalue weighted by Gasteiger charge is 2.29. The van der Waals surface area contributed by atoms with Gasteiger partial charge >= 0.3 is 0 Å². The fourth-order valence-corrected chi connectivity index (χ4v) is 2.23. The van der Waals surface area contributed by atoms with Crippen LogP contribution in [0.25, 0.3) is 0 Å². The maximum atomic E-state index is 13.6. The lowest BCUT2D eigenvalue weighted by atomic mass is 9.85. The fraction of sp³-hybridized carbons (Fsp3) is 0.417. The van der Waals surface area contributed by atoms with Gasteiger partial charge in [-0.15, -0.1) is 0 Å². The molecule has 1 aliphatic rings. The van der Waals surface area contributed by atoms with Gasteiger partial charge in [-0.1, -0.05) is 0 Å². The lowest BCUT2D eigenvalue weighted by molar-refractivity contribution is -0.123. The molecule has 2 rings (SSSR count). The summed E-state index contributed by atoms with van der Waals surface area (Å²) in [5.41, 5.74) is -0.00463. The summed E-state index contributed by atoms with van der Waals surface area (Å²) in [5.74, 6) is -3.53. The second-order valence-corrected chi connectivity index (χ2v) is 4.29. The van der Waals surface area contributed by atoms with E-state index in [9.17, 15) is 18.0 Å². The molecule has 0 aromatic heterocycles. The van der Waals surface area contributed by atoms with Crippen molar-refractivity contribution in [2.75, 3.05) is 0 Å². The van der Waals surface area contributed by atoms with E-state index in [-0.39, 0.29) is 23.9 Å². The Morgan fingerprint density at radius 2 is 2.00 bits per heavy atom. The molecule has 0 bridgehead atoms. The number of hydrogen-bond acceptors (Lipinski definition) is 1. The van der Waals surface area contributed by atoms with Gasteiger partial charge in [0.05, 0.1) is 0 Å². The Hall–Kier alpha value is -1.52. The molecule has 2 nitrogen and oxygen atoms in total. The van der Waals surface area contributed by atoms with E-state index in [1.165, 1.54) is 0 Å². The van der Waals surface area contributed by atoms with E-state index in [0.29, 0.717) is 12.5 Å². The van der Waals surface area contributed by atoms with Gasteiger partial charge in [-0.25, -0.2) is 13.2 Å². The van der Waals surface area contributed by atoms with Crippen molar-refractivity contribution in [1.29, 1.82) is 0 Å². The quantitative estimate of drug-likeness (QED) is 0.754. The summed E-state index contributed by atoms with van der Waals surface area (Å²) in [4.78, 5) is 11.1. The van der Waals surface area contributed by atoms with Crippen LogP contribution in [0, 0.1) is 17.5 Å². The van der Waals surface area contributed by atoms with Gasteiger partial charge in [-0.3, -0.25) is 4.79 Å². The molecule has 92 valence electrons. The Bertz CT molecular complexity index is 461. The molecule has 0 spiro atoms. The van der Waals surface area contributed by atoms with Crippen molar-refractivity contribution < 1.29 is 18.0 Å². The molecule has 0 saturated carbocycles. The Balaban J connectivity index is 2.37. The molecule has 0 aliphatic carbocycles. The fourth-order valence-electron chi connectivity index (χ4n) is 2.23. The summed E-state index contributed by atoms with van der Waals surface area (Å²) in [6.07, 6.45) is 0.638. The van der Waals surface area contributed by atoms with Crippen molar-refractivity contribution in [2.24, 2.45) is 0 Å². The van der Waals surface area contributed by atoms with E-state index in [0.717, 1.165) is 6.07 Å². The van der Waals surface area contributed by atoms with Crippen LogP contribution in [0.2, 0.25) is 0 Å². The van der Waals surface area contributed by atoms with E-state index >= 15 is 0 Å². The first-order chi connectivity index (χ1) is 7.99. The van der Waals surface area contributed by atoms with Crippen molar-refractivity contribution in [1.82, 2.24) is 5.32 Å². The number of amides is 1. The molecule has 0 radical (unpaired) electrons. The molecule has 2 unspecified atom stereocenters. The SMILES string of the molecule is CC1NC(=O)CCC1c1cc(F)cc(F)c1F. The summed E-state index contributed by atoms with van der Waals surface area (Å²) >= 11 is 0. The number of rotatable bonds is 1. The van der Waals surface area contributed by atoms with Crippen molar-refractivity contribution in [3.8, 4) is 0 Å². The van der Waals surface area contributed by atoms with E-state index in [1.807, 2.05) is 0 Å². The number of benzene rings is 1. The number of halogens is 3. The molecule has 1 heterocycles. The first kappa shape index (κ1) is 12.0. The number of carbonyl (C=O) groups is 1. The second-order valence-electron chi connectivity index (χ2n) is 4.29.